The minimum absolute atomic E-state index is 0.493. The molecule has 0 atom stereocenters. The highest BCUT2D eigenvalue weighted by Gasteiger charge is 2.18. The molecule has 2 N–H and O–H groups in total. The summed E-state index contributed by atoms with van der Waals surface area (Å²) in [6, 6.07) is 1.83. The first-order valence-electron chi connectivity index (χ1n) is 5.13. The zero-order chi connectivity index (χ0) is 9.97. The van der Waals surface area contributed by atoms with Crippen molar-refractivity contribution in [3.8, 4) is 0 Å². The summed E-state index contributed by atoms with van der Waals surface area (Å²) < 4.78 is 5.11. The molecule has 0 unspecified atom stereocenters. The zero-order valence-electron chi connectivity index (χ0n) is 8.57. The van der Waals surface area contributed by atoms with Crippen LogP contribution >= 0.6 is 0 Å². The van der Waals surface area contributed by atoms with Crippen molar-refractivity contribution in [1.29, 1.82) is 0 Å². The number of nitrogen functional groups attached to an aromatic ring is 1. The van der Waals surface area contributed by atoms with Gasteiger partial charge in [-0.15, -0.1) is 0 Å². The fourth-order valence-corrected chi connectivity index (χ4v) is 1.98. The molecule has 0 aliphatic carbocycles. The minimum Gasteiger partial charge on any atom is -0.381 e. The Kier molecular flexibility index (Phi) is 2.72. The summed E-state index contributed by atoms with van der Waals surface area (Å²) in [7, 11) is 2.17. The van der Waals surface area contributed by atoms with Gasteiger partial charge >= 0.3 is 0 Å². The summed E-state index contributed by atoms with van der Waals surface area (Å²) in [6.07, 6.45) is 3.48. The molecular formula is C10H17N3O. The third-order valence-corrected chi connectivity index (χ3v) is 2.91. The molecule has 4 heteroatoms. The van der Waals surface area contributed by atoms with E-state index in [1.165, 1.54) is 25.9 Å². The van der Waals surface area contributed by atoms with Crippen LogP contribution in [0.15, 0.2) is 10.6 Å². The number of aromatic nitrogens is 1. The lowest BCUT2D eigenvalue weighted by Crippen LogP contribution is -2.30. The molecule has 1 saturated heterocycles. The quantitative estimate of drug-likeness (QED) is 0.769. The van der Waals surface area contributed by atoms with E-state index in [0.717, 1.165) is 18.1 Å². The van der Waals surface area contributed by atoms with Crippen LogP contribution in [-0.4, -0.2) is 30.2 Å². The monoisotopic (exact) mass is 195 g/mol. The lowest BCUT2D eigenvalue weighted by molar-refractivity contribution is 0.210. The van der Waals surface area contributed by atoms with E-state index in [9.17, 15) is 0 Å². The van der Waals surface area contributed by atoms with E-state index in [1.54, 1.807) is 0 Å². The molecule has 1 fully saturated rings. The summed E-state index contributed by atoms with van der Waals surface area (Å²) >= 11 is 0. The average molecular weight is 195 g/mol. The molecule has 2 rings (SSSR count). The Morgan fingerprint density at radius 3 is 2.86 bits per heavy atom. The van der Waals surface area contributed by atoms with E-state index in [-0.39, 0.29) is 0 Å². The molecule has 14 heavy (non-hydrogen) atoms. The van der Waals surface area contributed by atoms with Crippen molar-refractivity contribution in [1.82, 2.24) is 10.1 Å². The van der Waals surface area contributed by atoms with Crippen molar-refractivity contribution in [3.63, 3.8) is 0 Å². The fourth-order valence-electron chi connectivity index (χ4n) is 1.98. The van der Waals surface area contributed by atoms with Gasteiger partial charge in [-0.05, 0) is 38.9 Å². The zero-order valence-corrected chi connectivity index (χ0v) is 8.57. The third-order valence-electron chi connectivity index (χ3n) is 2.91. The van der Waals surface area contributed by atoms with Gasteiger partial charge in [0.1, 0.15) is 5.76 Å². The van der Waals surface area contributed by atoms with Crippen molar-refractivity contribution in [2.24, 2.45) is 5.92 Å². The van der Waals surface area contributed by atoms with Crippen molar-refractivity contribution in [3.05, 3.63) is 11.8 Å². The number of hydrogen-bond donors (Lipinski definition) is 1. The van der Waals surface area contributed by atoms with Crippen molar-refractivity contribution in [2.75, 3.05) is 25.9 Å². The molecule has 1 aromatic heterocycles. The van der Waals surface area contributed by atoms with Crippen molar-refractivity contribution in [2.45, 2.75) is 19.3 Å². The first-order valence-corrected chi connectivity index (χ1v) is 5.13. The van der Waals surface area contributed by atoms with E-state index in [0.29, 0.717) is 5.82 Å². The van der Waals surface area contributed by atoms with Crippen molar-refractivity contribution < 1.29 is 4.52 Å². The van der Waals surface area contributed by atoms with E-state index in [2.05, 4.69) is 17.1 Å². The summed E-state index contributed by atoms with van der Waals surface area (Å²) in [5.41, 5.74) is 5.49. The molecule has 0 bridgehead atoms. The van der Waals surface area contributed by atoms with Crippen LogP contribution in [0.1, 0.15) is 18.6 Å². The lowest BCUT2D eigenvalue weighted by atomic mass is 9.93. The summed E-state index contributed by atoms with van der Waals surface area (Å²) in [6.45, 7) is 2.38. The number of anilines is 1. The fraction of sp³-hybridized carbons (Fsp3) is 0.700. The average Bonchev–Trinajstić information content (AvgIpc) is 2.56. The summed E-state index contributed by atoms with van der Waals surface area (Å²) in [5, 5.41) is 3.69. The van der Waals surface area contributed by atoms with Crippen LogP contribution in [0.3, 0.4) is 0 Å². The highest BCUT2D eigenvalue weighted by Crippen LogP contribution is 2.21. The predicted molar refractivity (Wildman–Crippen MR) is 54.8 cm³/mol. The predicted octanol–water partition coefficient (Wildman–Crippen LogP) is 1.14. The van der Waals surface area contributed by atoms with Gasteiger partial charge < -0.3 is 15.2 Å². The van der Waals surface area contributed by atoms with Crippen LogP contribution in [0.4, 0.5) is 5.82 Å². The van der Waals surface area contributed by atoms with Gasteiger partial charge in [-0.25, -0.2) is 0 Å². The SMILES string of the molecule is CN1CCC(Cc2cc(N)no2)CC1. The smallest absolute Gasteiger partial charge is 0.167 e. The molecule has 1 aliphatic rings. The van der Waals surface area contributed by atoms with Gasteiger partial charge in [0.15, 0.2) is 5.82 Å². The molecule has 0 saturated carbocycles. The topological polar surface area (TPSA) is 55.3 Å². The van der Waals surface area contributed by atoms with Crippen molar-refractivity contribution >= 4 is 5.82 Å². The summed E-state index contributed by atoms with van der Waals surface area (Å²) in [4.78, 5) is 2.37. The normalized spacial score (nSPS) is 20.1. The molecule has 0 aromatic carbocycles. The van der Waals surface area contributed by atoms with E-state index in [1.807, 2.05) is 6.07 Å². The van der Waals surface area contributed by atoms with Crippen LogP contribution < -0.4 is 5.73 Å². The molecule has 0 amide bonds. The largest absolute Gasteiger partial charge is 0.381 e. The molecule has 1 aromatic rings. The Labute approximate surface area is 84.0 Å². The molecule has 0 radical (unpaired) electrons. The highest BCUT2D eigenvalue weighted by molar-refractivity contribution is 5.26. The van der Waals surface area contributed by atoms with Gasteiger partial charge in [-0.1, -0.05) is 5.16 Å². The van der Waals surface area contributed by atoms with Crippen LogP contribution in [0.25, 0.3) is 0 Å². The highest BCUT2D eigenvalue weighted by atomic mass is 16.5. The Hall–Kier alpha value is -1.03. The maximum absolute atomic E-state index is 5.49. The number of piperidine rings is 1. The Morgan fingerprint density at radius 2 is 2.29 bits per heavy atom. The maximum atomic E-state index is 5.49. The molecule has 78 valence electrons. The molecular weight excluding hydrogens is 178 g/mol. The number of rotatable bonds is 2. The second-order valence-corrected chi connectivity index (χ2v) is 4.17. The van der Waals surface area contributed by atoms with Crippen LogP contribution in [0.2, 0.25) is 0 Å². The molecule has 1 aliphatic heterocycles. The first-order chi connectivity index (χ1) is 6.74. The third kappa shape index (κ3) is 2.26. The van der Waals surface area contributed by atoms with Crippen LogP contribution in [-0.2, 0) is 6.42 Å². The molecule has 2 heterocycles. The van der Waals surface area contributed by atoms with Gasteiger partial charge in [0.05, 0.1) is 0 Å². The second-order valence-electron chi connectivity index (χ2n) is 4.17. The van der Waals surface area contributed by atoms with Crippen LogP contribution in [0.5, 0.6) is 0 Å². The number of likely N-dealkylation sites (tertiary alicyclic amines) is 1. The second kappa shape index (κ2) is 4.00. The van der Waals surface area contributed by atoms with E-state index >= 15 is 0 Å². The van der Waals surface area contributed by atoms with Gasteiger partial charge in [-0.3, -0.25) is 0 Å². The van der Waals surface area contributed by atoms with Gasteiger partial charge in [0, 0.05) is 12.5 Å². The lowest BCUT2D eigenvalue weighted by Gasteiger charge is -2.28. The number of nitrogens with zero attached hydrogens (tertiary/aromatic N) is 2. The van der Waals surface area contributed by atoms with E-state index in [4.69, 9.17) is 10.3 Å². The molecule has 0 spiro atoms. The first kappa shape index (κ1) is 9.52. The minimum atomic E-state index is 0.493. The number of hydrogen-bond acceptors (Lipinski definition) is 4. The maximum Gasteiger partial charge on any atom is 0.167 e. The Balaban J connectivity index is 1.86. The standard InChI is InChI=1S/C10H17N3O/c1-13-4-2-8(3-5-13)6-9-7-10(11)12-14-9/h7-8H,2-6H2,1H3,(H2,11,12). The van der Waals surface area contributed by atoms with Crippen LogP contribution in [0, 0.1) is 5.92 Å². The van der Waals surface area contributed by atoms with E-state index < -0.39 is 0 Å². The van der Waals surface area contributed by atoms with Gasteiger partial charge in [0.2, 0.25) is 0 Å². The Bertz CT molecular complexity index is 289. The number of nitrogens with two attached hydrogens (primary N) is 1. The van der Waals surface area contributed by atoms with Gasteiger partial charge in [-0.2, -0.15) is 0 Å². The van der Waals surface area contributed by atoms with Gasteiger partial charge in [0.25, 0.3) is 0 Å². The Morgan fingerprint density at radius 1 is 1.57 bits per heavy atom. The summed E-state index contributed by atoms with van der Waals surface area (Å²) in [5.74, 6) is 2.16. The molecule has 4 nitrogen and oxygen atoms in total.